The average Bonchev–Trinajstić information content (AvgIpc) is 3.01. The molecule has 106 valence electrons. The fourth-order valence-electron chi connectivity index (χ4n) is 2.51. The fraction of sp³-hybridized carbons (Fsp3) is 0.385. The van der Waals surface area contributed by atoms with Gasteiger partial charge in [0, 0.05) is 19.2 Å². The van der Waals surface area contributed by atoms with E-state index in [1.54, 1.807) is 10.6 Å². The highest BCUT2D eigenvalue weighted by Crippen LogP contribution is 2.23. The third kappa shape index (κ3) is 2.40. The van der Waals surface area contributed by atoms with Crippen LogP contribution in [0.1, 0.15) is 12.8 Å². The number of hydrogen-bond acceptors (Lipinski definition) is 2. The molecule has 7 heteroatoms. The minimum absolute atomic E-state index is 0.0304. The number of halogens is 2. The number of likely N-dealkylation sites (tertiary alicyclic amines) is 1. The molecular formula is C13H13BrFN3OS. The van der Waals surface area contributed by atoms with E-state index in [0.29, 0.717) is 14.8 Å². The zero-order valence-electron chi connectivity index (χ0n) is 10.7. The van der Waals surface area contributed by atoms with Crippen LogP contribution >= 0.6 is 28.1 Å². The second-order valence-corrected chi connectivity index (χ2v) is 6.13. The molecule has 0 radical (unpaired) electrons. The molecule has 2 heterocycles. The van der Waals surface area contributed by atoms with E-state index in [-0.39, 0.29) is 18.3 Å². The zero-order chi connectivity index (χ0) is 14.3. The zero-order valence-corrected chi connectivity index (χ0v) is 13.1. The molecule has 20 heavy (non-hydrogen) atoms. The highest BCUT2D eigenvalue weighted by molar-refractivity contribution is 9.10. The first-order valence-corrected chi connectivity index (χ1v) is 7.62. The fourth-order valence-corrected chi connectivity index (χ4v) is 3.13. The highest BCUT2D eigenvalue weighted by atomic mass is 79.9. The van der Waals surface area contributed by atoms with E-state index >= 15 is 0 Å². The number of rotatable bonds is 2. The third-order valence-corrected chi connectivity index (χ3v) is 4.50. The summed E-state index contributed by atoms with van der Waals surface area (Å²) in [5.41, 5.74) is 1.33. The molecule has 0 spiro atoms. The Morgan fingerprint density at radius 3 is 2.80 bits per heavy atom. The Morgan fingerprint density at radius 1 is 1.40 bits per heavy atom. The van der Waals surface area contributed by atoms with Crippen LogP contribution in [0.15, 0.2) is 16.6 Å². The van der Waals surface area contributed by atoms with Crippen molar-refractivity contribution in [2.45, 2.75) is 19.4 Å². The molecule has 0 atom stereocenters. The summed E-state index contributed by atoms with van der Waals surface area (Å²) in [5, 5.41) is 0. The smallest absolute Gasteiger partial charge is 0.242 e. The number of aromatic nitrogens is 2. The Bertz CT molecular complexity index is 733. The van der Waals surface area contributed by atoms with Gasteiger partial charge in [0.1, 0.15) is 12.4 Å². The average molecular weight is 358 g/mol. The van der Waals surface area contributed by atoms with Gasteiger partial charge in [-0.2, -0.15) is 0 Å². The highest BCUT2D eigenvalue weighted by Gasteiger charge is 2.19. The van der Waals surface area contributed by atoms with E-state index in [4.69, 9.17) is 12.2 Å². The largest absolute Gasteiger partial charge is 0.341 e. The Hall–Kier alpha value is -1.21. The van der Waals surface area contributed by atoms with E-state index in [0.717, 1.165) is 31.4 Å². The number of imidazole rings is 1. The minimum atomic E-state index is -0.367. The van der Waals surface area contributed by atoms with Crippen LogP contribution in [0.25, 0.3) is 11.0 Å². The van der Waals surface area contributed by atoms with Gasteiger partial charge in [0.15, 0.2) is 4.77 Å². The van der Waals surface area contributed by atoms with Crippen LogP contribution in [0.2, 0.25) is 0 Å². The van der Waals surface area contributed by atoms with Crippen LogP contribution in [0.5, 0.6) is 0 Å². The van der Waals surface area contributed by atoms with Gasteiger partial charge in [-0.3, -0.25) is 4.79 Å². The molecule has 1 aromatic heterocycles. The van der Waals surface area contributed by atoms with E-state index < -0.39 is 0 Å². The molecule has 1 saturated heterocycles. The van der Waals surface area contributed by atoms with E-state index in [1.807, 2.05) is 4.90 Å². The number of hydrogen-bond donors (Lipinski definition) is 1. The van der Waals surface area contributed by atoms with Gasteiger partial charge in [-0.25, -0.2) is 4.39 Å². The number of carbonyl (C=O) groups excluding carboxylic acids is 1. The van der Waals surface area contributed by atoms with Crippen molar-refractivity contribution in [2.24, 2.45) is 0 Å². The molecular weight excluding hydrogens is 345 g/mol. The first-order valence-electron chi connectivity index (χ1n) is 6.41. The molecule has 1 N–H and O–H groups in total. The SMILES string of the molecule is O=C(Cn1c(=S)[nH]c2cc(Br)c(F)cc21)N1CCCC1. The van der Waals surface area contributed by atoms with Gasteiger partial charge >= 0.3 is 0 Å². The molecule has 1 aliphatic rings. The molecule has 2 aromatic rings. The molecule has 1 amide bonds. The lowest BCUT2D eigenvalue weighted by molar-refractivity contribution is -0.130. The van der Waals surface area contributed by atoms with E-state index in [2.05, 4.69) is 20.9 Å². The Balaban J connectivity index is 1.98. The second kappa shape index (κ2) is 5.29. The van der Waals surface area contributed by atoms with Crippen LogP contribution in [-0.2, 0) is 11.3 Å². The number of fused-ring (bicyclic) bond motifs is 1. The number of H-pyrrole nitrogens is 1. The number of benzene rings is 1. The summed E-state index contributed by atoms with van der Waals surface area (Å²) in [5.74, 6) is -0.336. The lowest BCUT2D eigenvalue weighted by Gasteiger charge is -2.15. The number of carbonyl (C=O) groups is 1. The van der Waals surface area contributed by atoms with Gasteiger partial charge in [-0.05, 0) is 47.1 Å². The molecule has 0 saturated carbocycles. The molecule has 0 unspecified atom stereocenters. The number of nitrogens with one attached hydrogen (secondary N) is 1. The Labute approximate surface area is 128 Å². The van der Waals surface area contributed by atoms with Gasteiger partial charge in [-0.1, -0.05) is 0 Å². The van der Waals surface area contributed by atoms with Crippen molar-refractivity contribution < 1.29 is 9.18 Å². The normalized spacial score (nSPS) is 15.2. The predicted molar refractivity (Wildman–Crippen MR) is 80.6 cm³/mol. The van der Waals surface area contributed by atoms with Gasteiger partial charge in [0.25, 0.3) is 0 Å². The maximum atomic E-state index is 13.7. The summed E-state index contributed by atoms with van der Waals surface area (Å²) < 4.78 is 16.1. The first kappa shape index (κ1) is 13.8. The van der Waals surface area contributed by atoms with Crippen molar-refractivity contribution in [3.05, 3.63) is 27.2 Å². The summed E-state index contributed by atoms with van der Waals surface area (Å²) in [6.45, 7) is 1.75. The molecule has 1 fully saturated rings. The standard InChI is InChI=1S/C13H13BrFN3OS/c14-8-5-10-11(6-9(8)15)18(13(20)16-10)7-12(19)17-3-1-2-4-17/h5-6H,1-4,7H2,(H,16,20). The maximum absolute atomic E-state index is 13.7. The maximum Gasteiger partial charge on any atom is 0.242 e. The van der Waals surface area contributed by atoms with Crippen molar-refractivity contribution in [3.8, 4) is 0 Å². The van der Waals surface area contributed by atoms with Gasteiger partial charge in [-0.15, -0.1) is 0 Å². The van der Waals surface area contributed by atoms with Crippen LogP contribution in [0, 0.1) is 10.6 Å². The van der Waals surface area contributed by atoms with Crippen LogP contribution in [0.4, 0.5) is 4.39 Å². The van der Waals surface area contributed by atoms with Gasteiger partial charge < -0.3 is 14.5 Å². The molecule has 4 nitrogen and oxygen atoms in total. The predicted octanol–water partition coefficient (Wildman–Crippen LogP) is 3.22. The molecule has 3 rings (SSSR count). The van der Waals surface area contributed by atoms with E-state index in [9.17, 15) is 9.18 Å². The van der Waals surface area contributed by atoms with Crippen LogP contribution < -0.4 is 0 Å². The lowest BCUT2D eigenvalue weighted by atomic mass is 10.3. The summed E-state index contributed by atoms with van der Waals surface area (Å²) >= 11 is 8.37. The van der Waals surface area contributed by atoms with Crippen molar-refractivity contribution in [2.75, 3.05) is 13.1 Å². The number of nitrogens with zero attached hydrogens (tertiary/aromatic N) is 2. The number of aromatic amines is 1. The summed E-state index contributed by atoms with van der Waals surface area (Å²) in [6.07, 6.45) is 2.10. The van der Waals surface area contributed by atoms with Crippen LogP contribution in [-0.4, -0.2) is 33.4 Å². The lowest BCUT2D eigenvalue weighted by Crippen LogP contribution is -2.31. The summed E-state index contributed by atoms with van der Waals surface area (Å²) in [7, 11) is 0. The monoisotopic (exact) mass is 357 g/mol. The molecule has 1 aliphatic heterocycles. The first-order chi connectivity index (χ1) is 9.56. The number of amides is 1. The van der Waals surface area contributed by atoms with Crippen molar-refractivity contribution in [3.63, 3.8) is 0 Å². The molecule has 1 aromatic carbocycles. The Morgan fingerprint density at radius 2 is 2.10 bits per heavy atom. The molecule has 0 aliphatic carbocycles. The van der Waals surface area contributed by atoms with E-state index in [1.165, 1.54) is 6.07 Å². The third-order valence-electron chi connectivity index (χ3n) is 3.57. The van der Waals surface area contributed by atoms with Crippen LogP contribution in [0.3, 0.4) is 0 Å². The van der Waals surface area contributed by atoms with Crippen molar-refractivity contribution >= 4 is 45.1 Å². The second-order valence-electron chi connectivity index (χ2n) is 4.89. The Kier molecular flexibility index (Phi) is 3.64. The van der Waals surface area contributed by atoms with Crippen molar-refractivity contribution in [1.29, 1.82) is 0 Å². The van der Waals surface area contributed by atoms with Gasteiger partial charge in [0.2, 0.25) is 5.91 Å². The van der Waals surface area contributed by atoms with Gasteiger partial charge in [0.05, 0.1) is 15.5 Å². The summed E-state index contributed by atoms with van der Waals surface area (Å²) in [6, 6.07) is 3.03. The quantitative estimate of drug-likeness (QED) is 0.838. The van der Waals surface area contributed by atoms with Crippen molar-refractivity contribution in [1.82, 2.24) is 14.5 Å². The topological polar surface area (TPSA) is 41.0 Å². The summed E-state index contributed by atoms with van der Waals surface area (Å²) in [4.78, 5) is 17.0. The molecule has 0 bridgehead atoms. The minimum Gasteiger partial charge on any atom is -0.341 e.